The normalized spacial score (nSPS) is 25.5. The number of carbonyl (C=O) groups is 1. The summed E-state index contributed by atoms with van der Waals surface area (Å²) in [6.45, 7) is 1.45. The minimum absolute atomic E-state index is 0.0685. The first-order valence-corrected chi connectivity index (χ1v) is 3.46. The predicted molar refractivity (Wildman–Crippen MR) is 36.0 cm³/mol. The SMILES string of the molecule is N#CC1CCCN(C=O)C1. The maximum atomic E-state index is 10.2. The number of amides is 1. The van der Waals surface area contributed by atoms with Crippen LogP contribution in [0.1, 0.15) is 12.8 Å². The lowest BCUT2D eigenvalue weighted by atomic mass is 10.0. The molecule has 1 atom stereocenters. The average Bonchev–Trinajstić information content (AvgIpc) is 2.05. The van der Waals surface area contributed by atoms with E-state index in [0.29, 0.717) is 6.54 Å². The highest BCUT2D eigenvalue weighted by Gasteiger charge is 2.17. The molecule has 1 saturated heterocycles. The van der Waals surface area contributed by atoms with Crippen LogP contribution in [0.5, 0.6) is 0 Å². The van der Waals surface area contributed by atoms with Crippen molar-refractivity contribution < 1.29 is 4.79 Å². The molecular formula is C7H10N2O. The lowest BCUT2D eigenvalue weighted by molar-refractivity contribution is -0.119. The molecule has 0 aromatic rings. The van der Waals surface area contributed by atoms with E-state index >= 15 is 0 Å². The fourth-order valence-electron chi connectivity index (χ4n) is 1.21. The molecule has 0 radical (unpaired) electrons. The minimum atomic E-state index is 0.0685. The molecule has 1 rings (SSSR count). The molecule has 0 saturated carbocycles. The van der Waals surface area contributed by atoms with Gasteiger partial charge in [-0.1, -0.05) is 0 Å². The van der Waals surface area contributed by atoms with Gasteiger partial charge in [-0.2, -0.15) is 5.26 Å². The molecule has 0 aliphatic carbocycles. The Balaban J connectivity index is 2.40. The smallest absolute Gasteiger partial charge is 0.209 e. The molecule has 0 spiro atoms. The van der Waals surface area contributed by atoms with Gasteiger partial charge in [-0.3, -0.25) is 4.79 Å². The van der Waals surface area contributed by atoms with Crippen LogP contribution in [-0.4, -0.2) is 24.4 Å². The van der Waals surface area contributed by atoms with Gasteiger partial charge in [-0.15, -0.1) is 0 Å². The van der Waals surface area contributed by atoms with Gasteiger partial charge in [-0.25, -0.2) is 0 Å². The summed E-state index contributed by atoms with van der Waals surface area (Å²) >= 11 is 0. The molecule has 10 heavy (non-hydrogen) atoms. The summed E-state index contributed by atoms with van der Waals surface area (Å²) in [6.07, 6.45) is 2.74. The number of carbonyl (C=O) groups excluding carboxylic acids is 1. The molecule has 0 aromatic carbocycles. The van der Waals surface area contributed by atoms with Crippen LogP contribution in [0.4, 0.5) is 0 Å². The Hall–Kier alpha value is -1.04. The summed E-state index contributed by atoms with van der Waals surface area (Å²) in [5.41, 5.74) is 0. The van der Waals surface area contributed by atoms with Gasteiger partial charge < -0.3 is 4.90 Å². The van der Waals surface area contributed by atoms with Crippen molar-refractivity contribution in [3.63, 3.8) is 0 Å². The number of hydrogen-bond acceptors (Lipinski definition) is 2. The molecular weight excluding hydrogens is 128 g/mol. The first-order chi connectivity index (χ1) is 4.86. The van der Waals surface area contributed by atoms with Crippen molar-refractivity contribution in [2.75, 3.05) is 13.1 Å². The number of nitrogens with zero attached hydrogens (tertiary/aromatic N) is 2. The molecule has 0 aromatic heterocycles. The van der Waals surface area contributed by atoms with E-state index in [4.69, 9.17) is 5.26 Å². The summed E-state index contributed by atoms with van der Waals surface area (Å²) in [5, 5.41) is 8.51. The van der Waals surface area contributed by atoms with E-state index in [2.05, 4.69) is 6.07 Å². The van der Waals surface area contributed by atoms with E-state index in [0.717, 1.165) is 25.8 Å². The molecule has 1 unspecified atom stereocenters. The van der Waals surface area contributed by atoms with Gasteiger partial charge in [0.15, 0.2) is 0 Å². The van der Waals surface area contributed by atoms with Gasteiger partial charge in [0.05, 0.1) is 12.0 Å². The highest BCUT2D eigenvalue weighted by Crippen LogP contribution is 2.13. The van der Waals surface area contributed by atoms with Crippen molar-refractivity contribution in [2.24, 2.45) is 5.92 Å². The van der Waals surface area contributed by atoms with Crippen LogP contribution in [0, 0.1) is 17.2 Å². The third-order valence-electron chi connectivity index (χ3n) is 1.78. The quantitative estimate of drug-likeness (QED) is 0.491. The van der Waals surface area contributed by atoms with Gasteiger partial charge in [-0.05, 0) is 12.8 Å². The highest BCUT2D eigenvalue weighted by molar-refractivity contribution is 5.47. The van der Waals surface area contributed by atoms with E-state index in [1.807, 2.05) is 0 Å². The Bertz CT molecular complexity index is 161. The number of likely N-dealkylation sites (tertiary alicyclic amines) is 1. The Morgan fingerprint density at radius 2 is 2.50 bits per heavy atom. The van der Waals surface area contributed by atoms with Crippen molar-refractivity contribution in [2.45, 2.75) is 12.8 Å². The van der Waals surface area contributed by atoms with Crippen LogP contribution < -0.4 is 0 Å². The third-order valence-corrected chi connectivity index (χ3v) is 1.78. The highest BCUT2D eigenvalue weighted by atomic mass is 16.1. The molecule has 1 heterocycles. The van der Waals surface area contributed by atoms with E-state index in [-0.39, 0.29) is 5.92 Å². The topological polar surface area (TPSA) is 44.1 Å². The number of hydrogen-bond donors (Lipinski definition) is 0. The van der Waals surface area contributed by atoms with Crippen LogP contribution >= 0.6 is 0 Å². The first kappa shape index (κ1) is 7.07. The molecule has 1 amide bonds. The van der Waals surface area contributed by atoms with Crippen molar-refractivity contribution in [3.05, 3.63) is 0 Å². The minimum Gasteiger partial charge on any atom is -0.344 e. The molecule has 54 valence electrons. The van der Waals surface area contributed by atoms with Gasteiger partial charge in [0.1, 0.15) is 0 Å². The summed E-state index contributed by atoms with van der Waals surface area (Å²) in [4.78, 5) is 11.9. The fraction of sp³-hybridized carbons (Fsp3) is 0.714. The lowest BCUT2D eigenvalue weighted by Crippen LogP contribution is -2.33. The van der Waals surface area contributed by atoms with E-state index in [1.54, 1.807) is 4.90 Å². The lowest BCUT2D eigenvalue weighted by Gasteiger charge is -2.25. The van der Waals surface area contributed by atoms with E-state index < -0.39 is 0 Å². The molecule has 1 aliphatic rings. The van der Waals surface area contributed by atoms with Crippen molar-refractivity contribution >= 4 is 6.41 Å². The van der Waals surface area contributed by atoms with Crippen LogP contribution in [-0.2, 0) is 4.79 Å². The number of piperidine rings is 1. The van der Waals surface area contributed by atoms with E-state index in [1.165, 1.54) is 0 Å². The summed E-state index contributed by atoms with van der Waals surface area (Å²) in [5.74, 6) is 0.0685. The summed E-state index contributed by atoms with van der Waals surface area (Å²) in [7, 11) is 0. The van der Waals surface area contributed by atoms with Gasteiger partial charge in [0, 0.05) is 13.1 Å². The van der Waals surface area contributed by atoms with Gasteiger partial charge >= 0.3 is 0 Å². The van der Waals surface area contributed by atoms with Crippen LogP contribution in [0.2, 0.25) is 0 Å². The van der Waals surface area contributed by atoms with Gasteiger partial charge in [0.25, 0.3) is 0 Å². The van der Waals surface area contributed by atoms with Crippen molar-refractivity contribution in [3.8, 4) is 6.07 Å². The Labute approximate surface area is 60.2 Å². The Morgan fingerprint density at radius 3 is 3.10 bits per heavy atom. The Kier molecular flexibility index (Phi) is 2.27. The second-order valence-electron chi connectivity index (χ2n) is 2.57. The zero-order chi connectivity index (χ0) is 7.40. The first-order valence-electron chi connectivity index (χ1n) is 3.46. The van der Waals surface area contributed by atoms with E-state index in [9.17, 15) is 4.79 Å². The predicted octanol–water partition coefficient (Wildman–Crippen LogP) is 0.378. The zero-order valence-electron chi connectivity index (χ0n) is 5.79. The number of nitriles is 1. The van der Waals surface area contributed by atoms with Crippen LogP contribution in [0.25, 0.3) is 0 Å². The molecule has 0 N–H and O–H groups in total. The maximum Gasteiger partial charge on any atom is 0.209 e. The van der Waals surface area contributed by atoms with Crippen LogP contribution in [0.15, 0.2) is 0 Å². The van der Waals surface area contributed by atoms with Crippen molar-refractivity contribution in [1.29, 1.82) is 5.26 Å². The fourth-order valence-corrected chi connectivity index (χ4v) is 1.21. The molecule has 3 heteroatoms. The maximum absolute atomic E-state index is 10.2. The standard InChI is InChI=1S/C7H10N2O/c8-4-7-2-1-3-9(5-7)6-10/h6-7H,1-3,5H2. The zero-order valence-corrected chi connectivity index (χ0v) is 5.79. The third kappa shape index (κ3) is 1.47. The van der Waals surface area contributed by atoms with Crippen LogP contribution in [0.3, 0.4) is 0 Å². The molecule has 0 bridgehead atoms. The van der Waals surface area contributed by atoms with Gasteiger partial charge in [0.2, 0.25) is 6.41 Å². The molecule has 3 nitrogen and oxygen atoms in total. The number of rotatable bonds is 1. The second-order valence-corrected chi connectivity index (χ2v) is 2.57. The van der Waals surface area contributed by atoms with Crippen molar-refractivity contribution in [1.82, 2.24) is 4.90 Å². The average molecular weight is 138 g/mol. The largest absolute Gasteiger partial charge is 0.344 e. The summed E-state index contributed by atoms with van der Waals surface area (Å²) in [6, 6.07) is 2.17. The second kappa shape index (κ2) is 3.21. The molecule has 1 fully saturated rings. The Morgan fingerprint density at radius 1 is 1.70 bits per heavy atom. The molecule has 1 aliphatic heterocycles. The monoisotopic (exact) mass is 138 g/mol. The summed E-state index contributed by atoms with van der Waals surface area (Å²) < 4.78 is 0.